The molecule has 0 saturated heterocycles. The van der Waals surface area contributed by atoms with Gasteiger partial charge in [-0.15, -0.1) is 0 Å². The smallest absolute Gasteiger partial charge is 0.0645 e. The summed E-state index contributed by atoms with van der Waals surface area (Å²) in [5.41, 5.74) is 2.24. The predicted molar refractivity (Wildman–Crippen MR) is 78.6 cm³/mol. The fourth-order valence-corrected chi connectivity index (χ4v) is 2.83. The standard InChI is InChI=1S/C16H21N3O/c20-16-8-4-5-14(16)11-17-9-13-10-18-19(12-13)15-6-2-1-3-7-15/h1-3,6-7,10,12,14,16-17,20H,4-5,8-9,11H2. The van der Waals surface area contributed by atoms with Gasteiger partial charge in [0.05, 0.1) is 18.0 Å². The van der Waals surface area contributed by atoms with E-state index in [-0.39, 0.29) is 6.10 Å². The van der Waals surface area contributed by atoms with E-state index < -0.39 is 0 Å². The van der Waals surface area contributed by atoms with E-state index >= 15 is 0 Å². The Morgan fingerprint density at radius 3 is 2.85 bits per heavy atom. The van der Waals surface area contributed by atoms with Gasteiger partial charge in [0, 0.05) is 24.8 Å². The molecular weight excluding hydrogens is 250 g/mol. The van der Waals surface area contributed by atoms with Crippen LogP contribution in [0.4, 0.5) is 0 Å². The van der Waals surface area contributed by atoms with E-state index in [2.05, 4.69) is 10.4 Å². The fraction of sp³-hybridized carbons (Fsp3) is 0.438. The molecule has 106 valence electrons. The molecule has 0 spiro atoms. The van der Waals surface area contributed by atoms with Crippen LogP contribution in [0.15, 0.2) is 42.7 Å². The second-order valence-corrected chi connectivity index (χ2v) is 5.52. The molecule has 1 saturated carbocycles. The molecule has 3 rings (SSSR count). The minimum Gasteiger partial charge on any atom is -0.393 e. The molecule has 1 aromatic heterocycles. The Kier molecular flexibility index (Phi) is 4.14. The third-order valence-corrected chi connectivity index (χ3v) is 4.01. The molecule has 4 nitrogen and oxygen atoms in total. The minimum atomic E-state index is -0.116. The first kappa shape index (κ1) is 13.3. The highest BCUT2D eigenvalue weighted by molar-refractivity contribution is 5.30. The Morgan fingerprint density at radius 2 is 2.10 bits per heavy atom. The molecule has 0 amide bonds. The number of hydrogen-bond donors (Lipinski definition) is 2. The summed E-state index contributed by atoms with van der Waals surface area (Å²) in [7, 11) is 0. The van der Waals surface area contributed by atoms with Crippen molar-refractivity contribution in [2.24, 2.45) is 5.92 Å². The van der Waals surface area contributed by atoms with Crippen molar-refractivity contribution < 1.29 is 5.11 Å². The van der Waals surface area contributed by atoms with Gasteiger partial charge in [-0.05, 0) is 30.9 Å². The highest BCUT2D eigenvalue weighted by atomic mass is 16.3. The summed E-state index contributed by atoms with van der Waals surface area (Å²) in [5, 5.41) is 17.6. The highest BCUT2D eigenvalue weighted by Crippen LogP contribution is 2.24. The van der Waals surface area contributed by atoms with Crippen LogP contribution in [0.3, 0.4) is 0 Å². The molecular formula is C16H21N3O. The summed E-state index contributed by atoms with van der Waals surface area (Å²) in [6.07, 6.45) is 7.07. The summed E-state index contributed by atoms with van der Waals surface area (Å²) in [6.45, 7) is 1.69. The fourth-order valence-electron chi connectivity index (χ4n) is 2.83. The van der Waals surface area contributed by atoms with Gasteiger partial charge in [-0.25, -0.2) is 4.68 Å². The summed E-state index contributed by atoms with van der Waals surface area (Å²) < 4.78 is 1.89. The lowest BCUT2D eigenvalue weighted by Crippen LogP contribution is -2.27. The number of hydrogen-bond acceptors (Lipinski definition) is 3. The van der Waals surface area contributed by atoms with Crippen molar-refractivity contribution in [2.45, 2.75) is 31.9 Å². The first-order valence-electron chi connectivity index (χ1n) is 7.30. The Bertz CT molecular complexity index is 538. The van der Waals surface area contributed by atoms with Gasteiger partial charge in [-0.2, -0.15) is 5.10 Å². The number of aliphatic hydroxyl groups excluding tert-OH is 1. The Labute approximate surface area is 119 Å². The maximum atomic E-state index is 9.78. The molecule has 1 aromatic carbocycles. The van der Waals surface area contributed by atoms with Crippen LogP contribution in [0.2, 0.25) is 0 Å². The van der Waals surface area contributed by atoms with Crippen molar-refractivity contribution in [3.05, 3.63) is 48.3 Å². The predicted octanol–water partition coefficient (Wildman–Crippen LogP) is 2.12. The van der Waals surface area contributed by atoms with Gasteiger partial charge < -0.3 is 10.4 Å². The van der Waals surface area contributed by atoms with Crippen molar-refractivity contribution in [2.75, 3.05) is 6.54 Å². The van der Waals surface area contributed by atoms with Gasteiger partial charge in [0.15, 0.2) is 0 Å². The van der Waals surface area contributed by atoms with Gasteiger partial charge in [0.2, 0.25) is 0 Å². The third-order valence-electron chi connectivity index (χ3n) is 4.01. The van der Waals surface area contributed by atoms with Crippen molar-refractivity contribution in [1.29, 1.82) is 0 Å². The van der Waals surface area contributed by atoms with E-state index in [1.807, 2.05) is 47.4 Å². The number of rotatable bonds is 5. The zero-order chi connectivity index (χ0) is 13.8. The lowest BCUT2D eigenvalue weighted by Gasteiger charge is -2.14. The van der Waals surface area contributed by atoms with Crippen LogP contribution in [0, 0.1) is 5.92 Å². The number of aromatic nitrogens is 2. The van der Waals surface area contributed by atoms with Crippen molar-refractivity contribution in [1.82, 2.24) is 15.1 Å². The van der Waals surface area contributed by atoms with Crippen LogP contribution in [0.5, 0.6) is 0 Å². The van der Waals surface area contributed by atoms with Crippen LogP contribution in [-0.4, -0.2) is 27.5 Å². The van der Waals surface area contributed by atoms with E-state index in [0.29, 0.717) is 5.92 Å². The van der Waals surface area contributed by atoms with Crippen LogP contribution in [-0.2, 0) is 6.54 Å². The third kappa shape index (κ3) is 3.08. The van der Waals surface area contributed by atoms with E-state index in [4.69, 9.17) is 0 Å². The van der Waals surface area contributed by atoms with Crippen LogP contribution in [0.25, 0.3) is 5.69 Å². The monoisotopic (exact) mass is 271 g/mol. The van der Waals surface area contributed by atoms with Gasteiger partial charge >= 0.3 is 0 Å². The lowest BCUT2D eigenvalue weighted by molar-refractivity contribution is 0.131. The lowest BCUT2D eigenvalue weighted by atomic mass is 10.1. The van der Waals surface area contributed by atoms with Gasteiger partial charge in [-0.3, -0.25) is 0 Å². The minimum absolute atomic E-state index is 0.116. The molecule has 0 bridgehead atoms. The molecule has 2 aromatic rings. The van der Waals surface area contributed by atoms with Gasteiger partial charge in [-0.1, -0.05) is 24.6 Å². The van der Waals surface area contributed by atoms with Crippen molar-refractivity contribution in [3.8, 4) is 5.69 Å². The topological polar surface area (TPSA) is 50.1 Å². The number of nitrogens with zero attached hydrogens (tertiary/aromatic N) is 2. The van der Waals surface area contributed by atoms with Crippen LogP contribution >= 0.6 is 0 Å². The average molecular weight is 271 g/mol. The van der Waals surface area contributed by atoms with E-state index in [9.17, 15) is 5.11 Å². The summed E-state index contributed by atoms with van der Waals surface area (Å²) >= 11 is 0. The Morgan fingerprint density at radius 1 is 1.25 bits per heavy atom. The number of benzene rings is 1. The van der Waals surface area contributed by atoms with Crippen LogP contribution < -0.4 is 5.32 Å². The van der Waals surface area contributed by atoms with E-state index in [1.165, 1.54) is 5.56 Å². The maximum Gasteiger partial charge on any atom is 0.0645 e. The molecule has 2 atom stereocenters. The SMILES string of the molecule is OC1CCCC1CNCc1cnn(-c2ccccc2)c1. The molecule has 4 heteroatoms. The first-order chi connectivity index (χ1) is 9.83. The molecule has 0 aliphatic heterocycles. The zero-order valence-corrected chi connectivity index (χ0v) is 11.6. The molecule has 2 unspecified atom stereocenters. The highest BCUT2D eigenvalue weighted by Gasteiger charge is 2.24. The average Bonchev–Trinajstić information content (AvgIpc) is 3.10. The van der Waals surface area contributed by atoms with Crippen molar-refractivity contribution >= 4 is 0 Å². The quantitative estimate of drug-likeness (QED) is 0.876. The number of aliphatic hydroxyl groups is 1. The Balaban J connectivity index is 1.53. The first-order valence-corrected chi connectivity index (χ1v) is 7.30. The summed E-state index contributed by atoms with van der Waals surface area (Å²) in [6, 6.07) is 10.1. The molecule has 1 fully saturated rings. The van der Waals surface area contributed by atoms with Gasteiger partial charge in [0.25, 0.3) is 0 Å². The largest absolute Gasteiger partial charge is 0.393 e. The Hall–Kier alpha value is -1.65. The van der Waals surface area contributed by atoms with E-state index in [0.717, 1.165) is 38.0 Å². The molecule has 1 heterocycles. The molecule has 2 N–H and O–H groups in total. The summed E-state index contributed by atoms with van der Waals surface area (Å²) in [4.78, 5) is 0. The second kappa shape index (κ2) is 6.20. The van der Waals surface area contributed by atoms with E-state index in [1.54, 1.807) is 0 Å². The molecule has 0 radical (unpaired) electrons. The zero-order valence-electron chi connectivity index (χ0n) is 11.6. The second-order valence-electron chi connectivity index (χ2n) is 5.52. The normalized spacial score (nSPS) is 22.2. The van der Waals surface area contributed by atoms with Crippen molar-refractivity contribution in [3.63, 3.8) is 0 Å². The summed E-state index contributed by atoms with van der Waals surface area (Å²) in [5.74, 6) is 0.416. The molecule has 20 heavy (non-hydrogen) atoms. The van der Waals surface area contributed by atoms with Gasteiger partial charge in [0.1, 0.15) is 0 Å². The molecule has 1 aliphatic carbocycles. The van der Waals surface area contributed by atoms with Crippen LogP contribution in [0.1, 0.15) is 24.8 Å². The maximum absolute atomic E-state index is 9.78. The molecule has 1 aliphatic rings. The number of para-hydroxylation sites is 1. The number of nitrogens with one attached hydrogen (secondary N) is 1.